The maximum absolute atomic E-state index is 13.5. The molecule has 8 heteroatoms. The monoisotopic (exact) mass is 468 g/mol. The summed E-state index contributed by atoms with van der Waals surface area (Å²) in [5.41, 5.74) is 2.76. The van der Waals surface area contributed by atoms with Crippen LogP contribution in [0.2, 0.25) is 0 Å². The number of ether oxygens (including phenoxy) is 1. The average Bonchev–Trinajstić information content (AvgIpc) is 2.87. The summed E-state index contributed by atoms with van der Waals surface area (Å²) in [6.45, 7) is 7.68. The Hall–Kier alpha value is -2.84. The molecular formula is C26H33FN4O3. The van der Waals surface area contributed by atoms with Crippen molar-refractivity contribution in [2.24, 2.45) is 0 Å². The molecule has 7 nitrogen and oxygen atoms in total. The predicted molar refractivity (Wildman–Crippen MR) is 127 cm³/mol. The molecule has 1 aromatic heterocycles. The summed E-state index contributed by atoms with van der Waals surface area (Å²) < 4.78 is 18.7. The van der Waals surface area contributed by atoms with Crippen LogP contribution in [0, 0.1) is 12.7 Å². The van der Waals surface area contributed by atoms with Crippen molar-refractivity contribution in [2.45, 2.75) is 25.7 Å². The van der Waals surface area contributed by atoms with E-state index in [2.05, 4.69) is 4.90 Å². The van der Waals surface area contributed by atoms with Crippen molar-refractivity contribution < 1.29 is 18.7 Å². The Morgan fingerprint density at radius 1 is 1.00 bits per heavy atom. The van der Waals surface area contributed by atoms with E-state index in [-0.39, 0.29) is 17.7 Å². The summed E-state index contributed by atoms with van der Waals surface area (Å²) in [7, 11) is 1.70. The number of rotatable bonds is 6. The number of nitrogens with zero attached hydrogens (tertiary/aromatic N) is 4. The first-order valence-electron chi connectivity index (χ1n) is 12.0. The smallest absolute Gasteiger partial charge is 0.255 e. The molecule has 0 unspecified atom stereocenters. The number of carbonyl (C=O) groups is 2. The lowest BCUT2D eigenvalue weighted by atomic mass is 9.89. The highest BCUT2D eigenvalue weighted by Crippen LogP contribution is 2.31. The number of hydrogen-bond acceptors (Lipinski definition) is 5. The molecule has 2 aliphatic rings. The van der Waals surface area contributed by atoms with E-state index >= 15 is 0 Å². The maximum Gasteiger partial charge on any atom is 0.255 e. The lowest BCUT2D eigenvalue weighted by molar-refractivity contribution is 0.0589. The molecule has 182 valence electrons. The summed E-state index contributed by atoms with van der Waals surface area (Å²) >= 11 is 0. The minimum atomic E-state index is -0.410. The SMILES string of the molecule is COCCN1CCN(C(=O)c2ccc(C)nc2C2CCN(C(=O)c3cccc(F)c3)CC2)CC1. The van der Waals surface area contributed by atoms with E-state index in [0.717, 1.165) is 43.9 Å². The third-order valence-corrected chi connectivity index (χ3v) is 6.81. The van der Waals surface area contributed by atoms with Crippen molar-refractivity contribution in [3.63, 3.8) is 0 Å². The zero-order chi connectivity index (χ0) is 24.1. The van der Waals surface area contributed by atoms with E-state index < -0.39 is 5.82 Å². The molecule has 2 amide bonds. The molecule has 1 aromatic carbocycles. The van der Waals surface area contributed by atoms with Gasteiger partial charge in [-0.2, -0.15) is 0 Å². The van der Waals surface area contributed by atoms with Crippen molar-refractivity contribution >= 4 is 11.8 Å². The van der Waals surface area contributed by atoms with E-state index in [1.807, 2.05) is 24.0 Å². The Balaban J connectivity index is 1.42. The van der Waals surface area contributed by atoms with Crippen LogP contribution in [0.3, 0.4) is 0 Å². The fourth-order valence-corrected chi connectivity index (χ4v) is 4.79. The number of pyridine rings is 1. The first-order valence-corrected chi connectivity index (χ1v) is 12.0. The number of benzene rings is 1. The number of likely N-dealkylation sites (tertiary alicyclic amines) is 1. The Morgan fingerprint density at radius 3 is 2.38 bits per heavy atom. The maximum atomic E-state index is 13.5. The standard InChI is InChI=1S/C26H33FN4O3/c1-19-6-7-23(26(33)31-14-12-29(13-15-31)16-17-34-2)24(28-19)20-8-10-30(11-9-20)25(32)21-4-3-5-22(27)18-21/h3-7,18,20H,8-17H2,1-2H3. The molecule has 2 aliphatic heterocycles. The van der Waals surface area contributed by atoms with Crippen LogP contribution in [0.15, 0.2) is 36.4 Å². The number of aryl methyl sites for hydroxylation is 1. The fraction of sp³-hybridized carbons (Fsp3) is 0.500. The number of piperidine rings is 1. The number of amides is 2. The van der Waals surface area contributed by atoms with Gasteiger partial charge in [-0.15, -0.1) is 0 Å². The average molecular weight is 469 g/mol. The van der Waals surface area contributed by atoms with Crippen molar-refractivity contribution in [1.29, 1.82) is 0 Å². The molecular weight excluding hydrogens is 435 g/mol. The molecule has 2 fully saturated rings. The van der Waals surface area contributed by atoms with E-state index in [1.165, 1.54) is 12.1 Å². The summed E-state index contributed by atoms with van der Waals surface area (Å²) in [5.74, 6) is -0.421. The normalized spacial score (nSPS) is 17.7. The number of aromatic nitrogens is 1. The Labute approximate surface area is 200 Å². The van der Waals surface area contributed by atoms with Gasteiger partial charge >= 0.3 is 0 Å². The first kappa shape index (κ1) is 24.3. The highest BCUT2D eigenvalue weighted by molar-refractivity contribution is 5.96. The molecule has 0 N–H and O–H groups in total. The lowest BCUT2D eigenvalue weighted by Crippen LogP contribution is -2.49. The molecule has 0 atom stereocenters. The minimum Gasteiger partial charge on any atom is -0.383 e. The molecule has 0 radical (unpaired) electrons. The van der Waals surface area contributed by atoms with Crippen LogP contribution in [-0.2, 0) is 4.74 Å². The van der Waals surface area contributed by atoms with Gasteiger partial charge in [-0.25, -0.2) is 4.39 Å². The van der Waals surface area contributed by atoms with Gasteiger partial charge in [0.2, 0.25) is 0 Å². The van der Waals surface area contributed by atoms with Gasteiger partial charge in [0.15, 0.2) is 0 Å². The van der Waals surface area contributed by atoms with Gasteiger partial charge in [0.25, 0.3) is 11.8 Å². The first-order chi connectivity index (χ1) is 16.5. The van der Waals surface area contributed by atoms with Crippen LogP contribution in [0.4, 0.5) is 4.39 Å². The zero-order valence-electron chi connectivity index (χ0n) is 20.0. The molecule has 2 aromatic rings. The van der Waals surface area contributed by atoms with E-state index in [1.54, 1.807) is 24.1 Å². The molecule has 2 saturated heterocycles. The second-order valence-electron chi connectivity index (χ2n) is 9.09. The second kappa shape index (κ2) is 11.1. The lowest BCUT2D eigenvalue weighted by Gasteiger charge is -2.36. The van der Waals surface area contributed by atoms with Gasteiger partial charge in [-0.1, -0.05) is 6.07 Å². The van der Waals surface area contributed by atoms with Gasteiger partial charge in [0.05, 0.1) is 17.9 Å². The van der Waals surface area contributed by atoms with Crippen molar-refractivity contribution in [3.8, 4) is 0 Å². The second-order valence-corrected chi connectivity index (χ2v) is 9.09. The fourth-order valence-electron chi connectivity index (χ4n) is 4.79. The third kappa shape index (κ3) is 5.62. The number of hydrogen-bond donors (Lipinski definition) is 0. The quantitative estimate of drug-likeness (QED) is 0.652. The topological polar surface area (TPSA) is 66.0 Å². The number of methoxy groups -OCH3 is 1. The van der Waals surface area contributed by atoms with Gasteiger partial charge in [-0.3, -0.25) is 19.5 Å². The van der Waals surface area contributed by atoms with Gasteiger partial charge in [0, 0.05) is 70.1 Å². The largest absolute Gasteiger partial charge is 0.383 e. The van der Waals surface area contributed by atoms with Gasteiger partial charge in [0.1, 0.15) is 5.82 Å². The van der Waals surface area contributed by atoms with Crippen LogP contribution in [0.1, 0.15) is 50.9 Å². The summed E-state index contributed by atoms with van der Waals surface area (Å²) in [5, 5.41) is 0. The van der Waals surface area contributed by atoms with E-state index in [4.69, 9.17) is 9.72 Å². The van der Waals surface area contributed by atoms with Crippen molar-refractivity contribution in [3.05, 3.63) is 64.7 Å². The molecule has 0 saturated carbocycles. The Kier molecular flexibility index (Phi) is 7.90. The minimum absolute atomic E-state index is 0.0344. The van der Waals surface area contributed by atoms with E-state index in [9.17, 15) is 14.0 Å². The van der Waals surface area contributed by atoms with Crippen molar-refractivity contribution in [2.75, 3.05) is 59.5 Å². The number of carbonyl (C=O) groups excluding carboxylic acids is 2. The Morgan fingerprint density at radius 2 is 1.71 bits per heavy atom. The number of piperazine rings is 1. The van der Waals surface area contributed by atoms with Crippen LogP contribution in [0.25, 0.3) is 0 Å². The van der Waals surface area contributed by atoms with Crippen LogP contribution in [-0.4, -0.2) is 91.0 Å². The molecule has 4 rings (SSSR count). The zero-order valence-corrected chi connectivity index (χ0v) is 20.0. The molecule has 3 heterocycles. The highest BCUT2D eigenvalue weighted by Gasteiger charge is 2.30. The molecule has 0 aliphatic carbocycles. The predicted octanol–water partition coefficient (Wildman–Crippen LogP) is 2.95. The van der Waals surface area contributed by atoms with Gasteiger partial charge in [-0.05, 0) is 50.1 Å². The highest BCUT2D eigenvalue weighted by atomic mass is 19.1. The summed E-state index contributed by atoms with van der Waals surface area (Å²) in [6.07, 6.45) is 1.45. The Bertz CT molecular complexity index is 1010. The van der Waals surface area contributed by atoms with Crippen molar-refractivity contribution in [1.82, 2.24) is 19.7 Å². The number of halogens is 1. The molecule has 0 bridgehead atoms. The molecule has 0 spiro atoms. The van der Waals surface area contributed by atoms with E-state index in [0.29, 0.717) is 43.9 Å². The van der Waals surface area contributed by atoms with Crippen LogP contribution >= 0.6 is 0 Å². The van der Waals surface area contributed by atoms with Crippen LogP contribution in [0.5, 0.6) is 0 Å². The summed E-state index contributed by atoms with van der Waals surface area (Å²) in [4.78, 5) is 37.0. The third-order valence-electron chi connectivity index (χ3n) is 6.81. The molecule has 34 heavy (non-hydrogen) atoms. The van der Waals surface area contributed by atoms with Gasteiger partial charge < -0.3 is 14.5 Å². The summed E-state index contributed by atoms with van der Waals surface area (Å²) in [6, 6.07) is 9.62. The van der Waals surface area contributed by atoms with Crippen LogP contribution < -0.4 is 0 Å².